The number of carbonyl (C=O) groups excluding carboxylic acids is 1. The van der Waals surface area contributed by atoms with Crippen molar-refractivity contribution in [3.8, 4) is 11.4 Å². The minimum atomic E-state index is -2.93. The SMILES string of the molecule is Cc1c(C(=O)N2CCOCC2C(=O)O)nnn1-c1ccc(OC(F)F)cc1. The third-order valence-electron chi connectivity index (χ3n) is 4.08. The zero-order chi connectivity index (χ0) is 19.6. The van der Waals surface area contributed by atoms with Crippen LogP contribution in [0.4, 0.5) is 8.78 Å². The molecule has 1 aliphatic rings. The lowest BCUT2D eigenvalue weighted by Gasteiger charge is -2.32. The molecule has 0 saturated carbocycles. The Hall–Kier alpha value is -3.08. The van der Waals surface area contributed by atoms with Crippen LogP contribution in [-0.2, 0) is 9.53 Å². The summed E-state index contributed by atoms with van der Waals surface area (Å²) in [6, 6.07) is 4.56. The van der Waals surface area contributed by atoms with Crippen molar-refractivity contribution in [1.82, 2.24) is 19.9 Å². The number of hydrogen-bond donors (Lipinski definition) is 1. The molecule has 2 heterocycles. The lowest BCUT2D eigenvalue weighted by atomic mass is 10.2. The average molecular weight is 382 g/mol. The first-order valence-electron chi connectivity index (χ1n) is 7.97. The molecule has 1 aliphatic heterocycles. The number of rotatable bonds is 5. The van der Waals surface area contributed by atoms with E-state index in [1.165, 1.54) is 33.8 Å². The van der Waals surface area contributed by atoms with Gasteiger partial charge in [-0.1, -0.05) is 5.21 Å². The van der Waals surface area contributed by atoms with Crippen molar-refractivity contribution in [1.29, 1.82) is 0 Å². The highest BCUT2D eigenvalue weighted by Crippen LogP contribution is 2.20. The number of hydrogen-bond acceptors (Lipinski definition) is 6. The highest BCUT2D eigenvalue weighted by Gasteiger charge is 2.35. The van der Waals surface area contributed by atoms with E-state index in [4.69, 9.17) is 4.74 Å². The number of amides is 1. The van der Waals surface area contributed by atoms with Crippen molar-refractivity contribution >= 4 is 11.9 Å². The molecule has 1 aromatic heterocycles. The van der Waals surface area contributed by atoms with Crippen LogP contribution in [0.1, 0.15) is 16.2 Å². The fourth-order valence-electron chi connectivity index (χ4n) is 2.73. The molecule has 1 amide bonds. The fourth-order valence-corrected chi connectivity index (χ4v) is 2.73. The van der Waals surface area contributed by atoms with E-state index in [9.17, 15) is 23.5 Å². The van der Waals surface area contributed by atoms with Crippen LogP contribution in [-0.4, -0.2) is 69.3 Å². The standard InChI is InChI=1S/C16H16F2N4O5/c1-9-13(14(23)21-6-7-26-8-12(21)15(24)25)19-20-22(9)10-2-4-11(5-3-10)27-16(17)18/h2-5,12,16H,6-8H2,1H3,(H,24,25). The molecule has 1 unspecified atom stereocenters. The molecule has 1 fully saturated rings. The third-order valence-corrected chi connectivity index (χ3v) is 4.08. The van der Waals surface area contributed by atoms with Crippen LogP contribution < -0.4 is 4.74 Å². The highest BCUT2D eigenvalue weighted by molar-refractivity contribution is 5.96. The normalized spacial score (nSPS) is 17.2. The molecule has 144 valence electrons. The van der Waals surface area contributed by atoms with Gasteiger partial charge in [-0.2, -0.15) is 8.78 Å². The second kappa shape index (κ2) is 7.66. The first kappa shape index (κ1) is 18.7. The van der Waals surface area contributed by atoms with Crippen molar-refractivity contribution in [2.45, 2.75) is 19.6 Å². The summed E-state index contributed by atoms with van der Waals surface area (Å²) in [6.45, 7) is -1.06. The Morgan fingerprint density at radius 2 is 2.04 bits per heavy atom. The molecule has 1 saturated heterocycles. The molecule has 2 aromatic rings. The Kier molecular flexibility index (Phi) is 5.31. The van der Waals surface area contributed by atoms with Crippen LogP contribution in [0.15, 0.2) is 24.3 Å². The molecule has 1 N–H and O–H groups in total. The average Bonchev–Trinajstić information content (AvgIpc) is 3.02. The van der Waals surface area contributed by atoms with Crippen molar-refractivity contribution < 1.29 is 33.0 Å². The van der Waals surface area contributed by atoms with Gasteiger partial charge in [0.15, 0.2) is 11.7 Å². The number of carbonyl (C=O) groups is 2. The van der Waals surface area contributed by atoms with Crippen LogP contribution in [0, 0.1) is 6.92 Å². The highest BCUT2D eigenvalue weighted by atomic mass is 19.3. The van der Waals surface area contributed by atoms with Crippen molar-refractivity contribution in [3.05, 3.63) is 35.7 Å². The maximum absolute atomic E-state index is 12.7. The molecule has 9 nitrogen and oxygen atoms in total. The number of carboxylic acids is 1. The van der Waals surface area contributed by atoms with Gasteiger partial charge in [-0.05, 0) is 31.2 Å². The van der Waals surface area contributed by atoms with Gasteiger partial charge >= 0.3 is 12.6 Å². The molecule has 0 spiro atoms. The van der Waals surface area contributed by atoms with Gasteiger partial charge in [-0.15, -0.1) is 5.10 Å². The minimum absolute atomic E-state index is 0.0102. The van der Waals surface area contributed by atoms with Crippen LogP contribution in [0.25, 0.3) is 5.69 Å². The van der Waals surface area contributed by atoms with Crippen molar-refractivity contribution in [2.75, 3.05) is 19.8 Å². The van der Waals surface area contributed by atoms with Gasteiger partial charge in [0, 0.05) is 6.54 Å². The topological polar surface area (TPSA) is 107 Å². The fraction of sp³-hybridized carbons (Fsp3) is 0.375. The lowest BCUT2D eigenvalue weighted by Crippen LogP contribution is -2.52. The molecule has 0 bridgehead atoms. The summed E-state index contributed by atoms with van der Waals surface area (Å²) in [4.78, 5) is 25.3. The Labute approximate surface area is 152 Å². The Morgan fingerprint density at radius 1 is 1.33 bits per heavy atom. The second-order valence-electron chi connectivity index (χ2n) is 5.74. The molecule has 11 heteroatoms. The zero-order valence-electron chi connectivity index (χ0n) is 14.2. The predicted molar refractivity (Wildman–Crippen MR) is 86.0 cm³/mol. The number of morpholine rings is 1. The van der Waals surface area contributed by atoms with E-state index in [-0.39, 0.29) is 31.2 Å². The minimum Gasteiger partial charge on any atom is -0.480 e. The number of ether oxygens (including phenoxy) is 2. The Morgan fingerprint density at radius 3 is 2.67 bits per heavy atom. The third kappa shape index (κ3) is 3.87. The van der Waals surface area contributed by atoms with Gasteiger partial charge < -0.3 is 19.5 Å². The lowest BCUT2D eigenvalue weighted by molar-refractivity contribution is -0.147. The monoisotopic (exact) mass is 382 g/mol. The number of halogens is 2. The van der Waals surface area contributed by atoms with E-state index in [0.29, 0.717) is 11.4 Å². The van der Waals surface area contributed by atoms with Gasteiger partial charge in [0.25, 0.3) is 5.91 Å². The quantitative estimate of drug-likeness (QED) is 0.825. The molecule has 0 radical (unpaired) electrons. The molecule has 1 aromatic carbocycles. The summed E-state index contributed by atoms with van der Waals surface area (Å²) >= 11 is 0. The van der Waals surface area contributed by atoms with Crippen LogP contribution in [0.5, 0.6) is 5.75 Å². The van der Waals surface area contributed by atoms with E-state index < -0.39 is 24.5 Å². The Balaban J connectivity index is 1.84. The summed E-state index contributed by atoms with van der Waals surface area (Å²) < 4.78 is 35.2. The van der Waals surface area contributed by atoms with Crippen LogP contribution >= 0.6 is 0 Å². The van der Waals surface area contributed by atoms with Gasteiger partial charge in [0.1, 0.15) is 5.75 Å². The molecular weight excluding hydrogens is 366 g/mol. The largest absolute Gasteiger partial charge is 0.480 e. The molecular formula is C16H16F2N4O5. The second-order valence-corrected chi connectivity index (χ2v) is 5.74. The number of carboxylic acid groups (broad SMARTS) is 1. The van der Waals surface area contributed by atoms with Gasteiger partial charge in [0.2, 0.25) is 0 Å². The maximum Gasteiger partial charge on any atom is 0.387 e. The Bertz CT molecular complexity index is 840. The maximum atomic E-state index is 12.7. The molecule has 3 rings (SSSR count). The molecule has 27 heavy (non-hydrogen) atoms. The number of benzene rings is 1. The smallest absolute Gasteiger partial charge is 0.387 e. The molecule has 0 aliphatic carbocycles. The van der Waals surface area contributed by atoms with Crippen molar-refractivity contribution in [2.24, 2.45) is 0 Å². The summed E-state index contributed by atoms with van der Waals surface area (Å²) in [7, 11) is 0. The van der Waals surface area contributed by atoms with E-state index in [0.717, 1.165) is 0 Å². The predicted octanol–water partition coefficient (Wildman–Crippen LogP) is 1.10. The van der Waals surface area contributed by atoms with Gasteiger partial charge in [-0.3, -0.25) is 4.79 Å². The molecule has 1 atom stereocenters. The van der Waals surface area contributed by atoms with Crippen LogP contribution in [0.2, 0.25) is 0 Å². The summed E-state index contributed by atoms with van der Waals surface area (Å²) in [6.07, 6.45) is 0. The zero-order valence-corrected chi connectivity index (χ0v) is 14.2. The van der Waals surface area contributed by atoms with E-state index in [2.05, 4.69) is 15.0 Å². The van der Waals surface area contributed by atoms with Gasteiger partial charge in [0.05, 0.1) is 24.6 Å². The summed E-state index contributed by atoms with van der Waals surface area (Å²) in [5.74, 6) is -1.74. The van der Waals surface area contributed by atoms with Gasteiger partial charge in [-0.25, -0.2) is 9.48 Å². The first-order chi connectivity index (χ1) is 12.9. The van der Waals surface area contributed by atoms with E-state index in [1.54, 1.807) is 6.92 Å². The summed E-state index contributed by atoms with van der Waals surface area (Å²) in [5.41, 5.74) is 0.881. The van der Waals surface area contributed by atoms with Crippen molar-refractivity contribution in [3.63, 3.8) is 0 Å². The number of alkyl halides is 2. The first-order valence-corrected chi connectivity index (χ1v) is 7.97. The number of nitrogens with zero attached hydrogens (tertiary/aromatic N) is 4. The van der Waals surface area contributed by atoms with E-state index in [1.807, 2.05) is 0 Å². The number of aromatic nitrogens is 3. The van der Waals surface area contributed by atoms with E-state index >= 15 is 0 Å². The number of aliphatic carboxylic acids is 1. The van der Waals surface area contributed by atoms with Crippen LogP contribution in [0.3, 0.4) is 0 Å². The summed E-state index contributed by atoms with van der Waals surface area (Å²) in [5, 5.41) is 17.0.